The monoisotopic (exact) mass is 614 g/mol. The van der Waals surface area contributed by atoms with Gasteiger partial charge in [0.2, 0.25) is 0 Å². The normalized spacial score (nSPS) is 15.6. The van der Waals surface area contributed by atoms with E-state index in [0.29, 0.717) is 70.5 Å². The first-order valence-electron chi connectivity index (χ1n) is 14.5. The number of anilines is 1. The second-order valence-electron chi connectivity index (χ2n) is 10.7. The largest absolute Gasteiger partial charge is 0.378 e. The third kappa shape index (κ3) is 8.05. The Labute approximate surface area is 250 Å². The Bertz CT molecular complexity index is 1450. The summed E-state index contributed by atoms with van der Waals surface area (Å²) in [4.78, 5) is 30.1. The van der Waals surface area contributed by atoms with Crippen LogP contribution in [-0.4, -0.2) is 118 Å². The van der Waals surface area contributed by atoms with Crippen LogP contribution in [-0.2, 0) is 36.6 Å². The van der Waals surface area contributed by atoms with Gasteiger partial charge in [-0.05, 0) is 18.2 Å². The summed E-state index contributed by atoms with van der Waals surface area (Å²) in [5, 5.41) is 12.7. The highest BCUT2D eigenvalue weighted by molar-refractivity contribution is 7.60. The van der Waals surface area contributed by atoms with Gasteiger partial charge < -0.3 is 28.4 Å². The fourth-order valence-electron chi connectivity index (χ4n) is 5.07. The molecule has 3 aromatic rings. The van der Waals surface area contributed by atoms with Crippen molar-refractivity contribution in [1.29, 1.82) is 0 Å². The predicted octanol–water partition coefficient (Wildman–Crippen LogP) is 2.24. The summed E-state index contributed by atoms with van der Waals surface area (Å²) in [6.45, 7) is 9.54. The summed E-state index contributed by atoms with van der Waals surface area (Å²) in [7, 11) is -2.31. The minimum Gasteiger partial charge on any atom is -0.378 e. The van der Waals surface area contributed by atoms with Crippen molar-refractivity contribution in [3.8, 4) is 0 Å². The number of amides is 2. The van der Waals surface area contributed by atoms with Gasteiger partial charge in [-0.2, -0.15) is 0 Å². The zero-order valence-corrected chi connectivity index (χ0v) is 25.6. The van der Waals surface area contributed by atoms with E-state index in [1.54, 1.807) is 30.3 Å². The standard InChI is InChI=1S/C29H39N6O7P/c1-43(2,38)30-20-22-21-34(32-31-22)10-14-40-16-18-42-19-17-41-15-11-35-28(36)24-5-3-4-23-26(33-8-12-39-13-9-33)7-6-25(27(23)24)29(35)37/h3-7,21H,8-20H2,1-2H3,(H,30,38). The number of benzene rings is 2. The maximum atomic E-state index is 13.3. The molecule has 43 heavy (non-hydrogen) atoms. The Hall–Kier alpha value is -3.19. The van der Waals surface area contributed by atoms with Crippen LogP contribution in [0.3, 0.4) is 0 Å². The SMILES string of the molecule is CP(C)(=O)NCc1cn(CCOCCOCCOCCN2C(=O)c3cccc4c(N5CCOCC5)ccc(c34)C2=O)nn1. The fourth-order valence-corrected chi connectivity index (χ4v) is 5.61. The molecule has 232 valence electrons. The number of carbonyl (C=O) groups excluding carboxylic acids is 2. The summed E-state index contributed by atoms with van der Waals surface area (Å²) in [5.41, 5.74) is 2.82. The Morgan fingerprint density at radius 3 is 2.23 bits per heavy atom. The summed E-state index contributed by atoms with van der Waals surface area (Å²) in [6, 6.07) is 9.43. The lowest BCUT2D eigenvalue weighted by Gasteiger charge is -2.32. The van der Waals surface area contributed by atoms with Crippen LogP contribution in [0, 0.1) is 0 Å². The summed E-state index contributed by atoms with van der Waals surface area (Å²) >= 11 is 0. The number of nitrogens with zero attached hydrogens (tertiary/aromatic N) is 5. The van der Waals surface area contributed by atoms with Crippen molar-refractivity contribution in [3.05, 3.63) is 53.3 Å². The topological polar surface area (TPSA) is 137 Å². The van der Waals surface area contributed by atoms with E-state index in [1.165, 1.54) is 4.90 Å². The molecule has 2 aliphatic rings. The number of hydrogen-bond donors (Lipinski definition) is 1. The third-order valence-electron chi connectivity index (χ3n) is 7.22. The van der Waals surface area contributed by atoms with Crippen molar-refractivity contribution < 1.29 is 33.1 Å². The van der Waals surface area contributed by atoms with Crippen LogP contribution in [0.15, 0.2) is 36.5 Å². The third-order valence-corrected chi connectivity index (χ3v) is 8.14. The first kappa shape index (κ1) is 31.2. The molecule has 3 heterocycles. The Kier molecular flexibility index (Phi) is 10.6. The molecule has 1 aromatic heterocycles. The molecule has 2 aromatic carbocycles. The summed E-state index contributed by atoms with van der Waals surface area (Å²) in [6.07, 6.45) is 1.80. The van der Waals surface area contributed by atoms with Crippen LogP contribution in [0.2, 0.25) is 0 Å². The number of carbonyl (C=O) groups is 2. The average Bonchev–Trinajstić information content (AvgIpc) is 3.46. The van der Waals surface area contributed by atoms with Crippen molar-refractivity contribution in [1.82, 2.24) is 25.0 Å². The van der Waals surface area contributed by atoms with Crippen LogP contribution in [0.5, 0.6) is 0 Å². The lowest BCUT2D eigenvalue weighted by Crippen LogP contribution is -2.42. The van der Waals surface area contributed by atoms with Gasteiger partial charge in [-0.1, -0.05) is 17.3 Å². The van der Waals surface area contributed by atoms with Gasteiger partial charge in [-0.15, -0.1) is 5.10 Å². The zero-order valence-electron chi connectivity index (χ0n) is 24.7. The number of aromatic nitrogens is 3. The van der Waals surface area contributed by atoms with Crippen LogP contribution in [0.25, 0.3) is 10.8 Å². The second kappa shape index (κ2) is 14.5. The highest BCUT2D eigenvalue weighted by Crippen LogP contribution is 2.36. The molecule has 13 nitrogen and oxygen atoms in total. The molecule has 0 aliphatic carbocycles. The van der Waals surface area contributed by atoms with Crippen molar-refractivity contribution >= 4 is 35.6 Å². The molecule has 0 atom stereocenters. The van der Waals surface area contributed by atoms with Crippen molar-refractivity contribution in [2.45, 2.75) is 13.1 Å². The van der Waals surface area contributed by atoms with Gasteiger partial charge in [0.1, 0.15) is 7.29 Å². The van der Waals surface area contributed by atoms with Crippen LogP contribution >= 0.6 is 7.29 Å². The maximum Gasteiger partial charge on any atom is 0.261 e. The van der Waals surface area contributed by atoms with E-state index in [9.17, 15) is 14.2 Å². The van der Waals surface area contributed by atoms with E-state index in [2.05, 4.69) is 20.3 Å². The van der Waals surface area contributed by atoms with Gasteiger partial charge >= 0.3 is 0 Å². The molecule has 0 spiro atoms. The van der Waals surface area contributed by atoms with E-state index < -0.39 is 7.29 Å². The van der Waals surface area contributed by atoms with Crippen molar-refractivity contribution in [2.24, 2.45) is 0 Å². The van der Waals surface area contributed by atoms with E-state index in [-0.39, 0.29) is 25.0 Å². The molecular formula is C29H39N6O7P. The Morgan fingerprint density at radius 1 is 0.884 bits per heavy atom. The first-order valence-corrected chi connectivity index (χ1v) is 17.1. The molecule has 5 rings (SSSR count). The molecule has 0 bridgehead atoms. The van der Waals surface area contributed by atoms with Gasteiger partial charge in [0.15, 0.2) is 0 Å². The number of hydrogen-bond acceptors (Lipinski definition) is 10. The fraction of sp³-hybridized carbons (Fsp3) is 0.517. The van der Waals surface area contributed by atoms with E-state index >= 15 is 0 Å². The maximum absolute atomic E-state index is 13.3. The van der Waals surface area contributed by atoms with Gasteiger partial charge in [-0.3, -0.25) is 19.6 Å². The highest BCUT2D eigenvalue weighted by Gasteiger charge is 2.33. The zero-order chi connectivity index (χ0) is 30.2. The number of imide groups is 1. The van der Waals surface area contributed by atoms with Gasteiger partial charge in [0.25, 0.3) is 11.8 Å². The molecule has 14 heteroatoms. The van der Waals surface area contributed by atoms with Gasteiger partial charge in [-0.25, -0.2) is 4.68 Å². The van der Waals surface area contributed by atoms with Crippen LogP contribution in [0.1, 0.15) is 26.4 Å². The van der Waals surface area contributed by atoms with E-state index in [4.69, 9.17) is 18.9 Å². The molecule has 1 saturated heterocycles. The predicted molar refractivity (Wildman–Crippen MR) is 161 cm³/mol. The molecular weight excluding hydrogens is 575 g/mol. The van der Waals surface area contributed by atoms with Crippen LogP contribution < -0.4 is 9.99 Å². The molecule has 2 aliphatic heterocycles. The van der Waals surface area contributed by atoms with Crippen LogP contribution in [0.4, 0.5) is 5.69 Å². The van der Waals surface area contributed by atoms with E-state index in [0.717, 1.165) is 35.2 Å². The molecule has 0 unspecified atom stereocenters. The van der Waals surface area contributed by atoms with E-state index in [1.807, 2.05) is 24.3 Å². The minimum absolute atomic E-state index is 0.165. The smallest absolute Gasteiger partial charge is 0.261 e. The summed E-state index contributed by atoms with van der Waals surface area (Å²) < 4.78 is 35.7. The number of morpholine rings is 1. The average molecular weight is 615 g/mol. The second-order valence-corrected chi connectivity index (χ2v) is 13.7. The number of rotatable bonds is 16. The van der Waals surface area contributed by atoms with Crippen molar-refractivity contribution in [3.63, 3.8) is 0 Å². The highest BCUT2D eigenvalue weighted by atomic mass is 31.2. The molecule has 2 amide bonds. The van der Waals surface area contributed by atoms with Crippen molar-refractivity contribution in [2.75, 3.05) is 90.7 Å². The first-order chi connectivity index (χ1) is 20.8. The lowest BCUT2D eigenvalue weighted by atomic mass is 9.92. The molecule has 1 fully saturated rings. The Morgan fingerprint density at radius 2 is 1.53 bits per heavy atom. The summed E-state index contributed by atoms with van der Waals surface area (Å²) in [5.74, 6) is -0.600. The Balaban J connectivity index is 0.983. The quantitative estimate of drug-likeness (QED) is 0.144. The molecule has 0 radical (unpaired) electrons. The molecule has 1 N–H and O–H groups in total. The van der Waals surface area contributed by atoms with Gasteiger partial charge in [0.05, 0.1) is 71.6 Å². The number of ether oxygens (including phenoxy) is 4. The molecule has 0 saturated carbocycles. The number of nitrogens with one attached hydrogen (secondary N) is 1. The van der Waals surface area contributed by atoms with Gasteiger partial charge in [0, 0.05) is 66.7 Å². The lowest BCUT2D eigenvalue weighted by molar-refractivity contribution is 0.00920. The minimum atomic E-state index is -2.31.